The van der Waals surface area contributed by atoms with Crippen LogP contribution in [0.5, 0.6) is 5.75 Å². The van der Waals surface area contributed by atoms with E-state index in [0.717, 1.165) is 11.6 Å². The minimum atomic E-state index is -0.680. The van der Waals surface area contributed by atoms with E-state index in [1.807, 2.05) is 19.1 Å². The van der Waals surface area contributed by atoms with Gasteiger partial charge in [0.05, 0.1) is 11.6 Å². The van der Waals surface area contributed by atoms with Crippen LogP contribution in [0, 0.1) is 6.92 Å². The maximum Gasteiger partial charge on any atom is 0.339 e. The second kappa shape index (κ2) is 3.71. The van der Waals surface area contributed by atoms with Crippen LogP contribution in [0.3, 0.4) is 0 Å². The summed E-state index contributed by atoms with van der Waals surface area (Å²) in [6.07, 6.45) is 0. The predicted octanol–water partition coefficient (Wildman–Crippen LogP) is 1.66. The number of rotatable bonds is 0. The molecule has 0 aliphatic carbocycles. The van der Waals surface area contributed by atoms with Gasteiger partial charge in [0.2, 0.25) is 0 Å². The number of hydrogen-bond donors (Lipinski definition) is 1. The summed E-state index contributed by atoms with van der Waals surface area (Å²) in [7, 11) is 1.62. The zero-order valence-corrected chi connectivity index (χ0v) is 10.4. The van der Waals surface area contributed by atoms with E-state index in [0.29, 0.717) is 10.9 Å². The summed E-state index contributed by atoms with van der Waals surface area (Å²) >= 11 is 0. The SMILES string of the molecule is Cc1ccc2c3oc(=O)cc(O)c3c(=O)n(C)c2c1. The molecular formula is C14H11NO4. The van der Waals surface area contributed by atoms with Crippen LogP contribution >= 0.6 is 0 Å². The minimum Gasteiger partial charge on any atom is -0.507 e. The summed E-state index contributed by atoms with van der Waals surface area (Å²) in [5.74, 6) is -0.352. The molecule has 3 rings (SSSR count). The van der Waals surface area contributed by atoms with Crippen molar-refractivity contribution in [2.24, 2.45) is 7.05 Å². The first kappa shape index (κ1) is 11.5. The summed E-state index contributed by atoms with van der Waals surface area (Å²) in [6.45, 7) is 1.91. The summed E-state index contributed by atoms with van der Waals surface area (Å²) in [4.78, 5) is 23.6. The maximum absolute atomic E-state index is 12.2. The van der Waals surface area contributed by atoms with Gasteiger partial charge in [0.15, 0.2) is 5.58 Å². The number of hydrogen-bond acceptors (Lipinski definition) is 4. The number of nitrogens with zero attached hydrogens (tertiary/aromatic N) is 1. The number of fused-ring (bicyclic) bond motifs is 3. The predicted molar refractivity (Wildman–Crippen MR) is 71.6 cm³/mol. The van der Waals surface area contributed by atoms with Crippen LogP contribution in [-0.4, -0.2) is 9.67 Å². The highest BCUT2D eigenvalue weighted by molar-refractivity contribution is 6.03. The van der Waals surface area contributed by atoms with Gasteiger partial charge < -0.3 is 14.1 Å². The second-order valence-corrected chi connectivity index (χ2v) is 4.54. The molecule has 19 heavy (non-hydrogen) atoms. The van der Waals surface area contributed by atoms with Crippen molar-refractivity contribution in [3.63, 3.8) is 0 Å². The van der Waals surface area contributed by atoms with Gasteiger partial charge in [-0.2, -0.15) is 0 Å². The van der Waals surface area contributed by atoms with Crippen molar-refractivity contribution in [2.75, 3.05) is 0 Å². The molecule has 1 N–H and O–H groups in total. The Hall–Kier alpha value is -2.56. The first-order chi connectivity index (χ1) is 8.99. The van der Waals surface area contributed by atoms with Crippen LogP contribution in [0.15, 0.2) is 38.3 Å². The van der Waals surface area contributed by atoms with Gasteiger partial charge in [0, 0.05) is 12.4 Å². The quantitative estimate of drug-likeness (QED) is 0.622. The Morgan fingerprint density at radius 1 is 1.21 bits per heavy atom. The van der Waals surface area contributed by atoms with Crippen molar-refractivity contribution in [2.45, 2.75) is 6.92 Å². The van der Waals surface area contributed by atoms with Crippen LogP contribution in [-0.2, 0) is 7.05 Å². The fourth-order valence-corrected chi connectivity index (χ4v) is 2.27. The fraction of sp³-hybridized carbons (Fsp3) is 0.143. The van der Waals surface area contributed by atoms with Gasteiger partial charge in [-0.3, -0.25) is 4.79 Å². The number of pyridine rings is 1. The normalized spacial score (nSPS) is 11.3. The second-order valence-electron chi connectivity index (χ2n) is 4.54. The van der Waals surface area contributed by atoms with Crippen molar-refractivity contribution in [1.82, 2.24) is 4.57 Å². The molecule has 0 fully saturated rings. The van der Waals surface area contributed by atoms with Crippen LogP contribution in [0.1, 0.15) is 5.56 Å². The molecule has 0 aliphatic rings. The average Bonchev–Trinajstić information content (AvgIpc) is 2.35. The molecule has 0 unspecified atom stereocenters. The van der Waals surface area contributed by atoms with Gasteiger partial charge in [-0.1, -0.05) is 6.07 Å². The Labute approximate surface area is 107 Å². The molecule has 5 nitrogen and oxygen atoms in total. The number of aromatic nitrogens is 1. The van der Waals surface area contributed by atoms with Gasteiger partial charge in [-0.15, -0.1) is 0 Å². The van der Waals surface area contributed by atoms with Gasteiger partial charge in [0.25, 0.3) is 5.56 Å². The summed E-state index contributed by atoms with van der Waals surface area (Å²) in [5.41, 5.74) is 0.702. The highest BCUT2D eigenvalue weighted by atomic mass is 16.4. The molecule has 3 aromatic rings. The van der Waals surface area contributed by atoms with E-state index in [9.17, 15) is 14.7 Å². The third kappa shape index (κ3) is 1.55. The molecular weight excluding hydrogens is 246 g/mol. The zero-order chi connectivity index (χ0) is 13.7. The maximum atomic E-state index is 12.2. The molecule has 5 heteroatoms. The van der Waals surface area contributed by atoms with Crippen LogP contribution in [0.2, 0.25) is 0 Å². The van der Waals surface area contributed by atoms with Gasteiger partial charge in [-0.25, -0.2) is 4.79 Å². The molecule has 2 heterocycles. The van der Waals surface area contributed by atoms with E-state index in [1.54, 1.807) is 13.1 Å². The van der Waals surface area contributed by atoms with Crippen LogP contribution in [0.4, 0.5) is 0 Å². The lowest BCUT2D eigenvalue weighted by Gasteiger charge is -2.09. The Morgan fingerprint density at radius 2 is 1.95 bits per heavy atom. The van der Waals surface area contributed by atoms with Crippen molar-refractivity contribution >= 4 is 21.9 Å². The van der Waals surface area contributed by atoms with Gasteiger partial charge in [0.1, 0.15) is 11.1 Å². The summed E-state index contributed by atoms with van der Waals surface area (Å²) in [5, 5.41) is 10.4. The Morgan fingerprint density at radius 3 is 2.68 bits per heavy atom. The third-order valence-corrected chi connectivity index (χ3v) is 3.22. The summed E-state index contributed by atoms with van der Waals surface area (Å²) in [6, 6.07) is 6.37. The van der Waals surface area contributed by atoms with Crippen molar-refractivity contribution in [3.8, 4) is 5.75 Å². The van der Waals surface area contributed by atoms with Crippen LogP contribution < -0.4 is 11.2 Å². The van der Waals surface area contributed by atoms with E-state index in [-0.39, 0.29) is 16.7 Å². The largest absolute Gasteiger partial charge is 0.507 e. The Balaban J connectivity index is 2.75. The molecule has 0 amide bonds. The average molecular weight is 257 g/mol. The van der Waals surface area contributed by atoms with E-state index in [1.165, 1.54) is 4.57 Å². The number of aryl methyl sites for hydroxylation is 2. The lowest BCUT2D eigenvalue weighted by atomic mass is 10.1. The Bertz CT molecular complexity index is 934. The molecule has 0 saturated heterocycles. The van der Waals surface area contributed by atoms with E-state index in [2.05, 4.69) is 0 Å². The number of benzene rings is 1. The number of aromatic hydroxyl groups is 1. The highest BCUT2D eigenvalue weighted by Crippen LogP contribution is 2.26. The van der Waals surface area contributed by atoms with Crippen LogP contribution in [0.25, 0.3) is 21.9 Å². The first-order valence-corrected chi connectivity index (χ1v) is 5.75. The molecule has 2 aromatic heterocycles. The molecule has 0 aliphatic heterocycles. The standard InChI is InChI=1S/C14H11NO4/c1-7-3-4-8-9(5-7)15(2)14(18)12-10(16)6-11(17)19-13(8)12/h3-6,16H,1-2H3. The van der Waals surface area contributed by atoms with E-state index in [4.69, 9.17) is 4.42 Å². The monoisotopic (exact) mass is 257 g/mol. The van der Waals surface area contributed by atoms with Crippen molar-refractivity contribution < 1.29 is 9.52 Å². The van der Waals surface area contributed by atoms with Crippen molar-refractivity contribution in [1.29, 1.82) is 0 Å². The molecule has 0 radical (unpaired) electrons. The Kier molecular flexibility index (Phi) is 2.25. The third-order valence-electron chi connectivity index (χ3n) is 3.22. The van der Waals surface area contributed by atoms with Gasteiger partial charge >= 0.3 is 5.63 Å². The molecule has 96 valence electrons. The zero-order valence-electron chi connectivity index (χ0n) is 10.4. The smallest absolute Gasteiger partial charge is 0.339 e. The van der Waals surface area contributed by atoms with Crippen molar-refractivity contribution in [3.05, 3.63) is 50.6 Å². The highest BCUT2D eigenvalue weighted by Gasteiger charge is 2.15. The topological polar surface area (TPSA) is 72.4 Å². The minimum absolute atomic E-state index is 0.0263. The summed E-state index contributed by atoms with van der Waals surface area (Å²) < 4.78 is 6.54. The van der Waals surface area contributed by atoms with E-state index < -0.39 is 11.2 Å². The molecule has 0 saturated carbocycles. The molecule has 0 atom stereocenters. The molecule has 1 aromatic carbocycles. The lowest BCUT2D eigenvalue weighted by Crippen LogP contribution is -2.18. The first-order valence-electron chi connectivity index (χ1n) is 5.75. The molecule has 0 bridgehead atoms. The lowest BCUT2D eigenvalue weighted by molar-refractivity contribution is 0.467. The molecule has 0 spiro atoms. The van der Waals surface area contributed by atoms with Gasteiger partial charge in [-0.05, 0) is 24.6 Å². The fourth-order valence-electron chi connectivity index (χ4n) is 2.27. The van der Waals surface area contributed by atoms with E-state index >= 15 is 0 Å².